The molecule has 1 aliphatic rings. The van der Waals surface area contributed by atoms with Crippen molar-refractivity contribution in [3.63, 3.8) is 0 Å². The van der Waals surface area contributed by atoms with E-state index in [1.54, 1.807) is 18.0 Å². The van der Waals surface area contributed by atoms with Crippen molar-refractivity contribution in [1.29, 1.82) is 0 Å². The van der Waals surface area contributed by atoms with Gasteiger partial charge in [-0.15, -0.1) is 0 Å². The third-order valence-electron chi connectivity index (χ3n) is 4.56. The van der Waals surface area contributed by atoms with Gasteiger partial charge < -0.3 is 19.9 Å². The maximum Gasteiger partial charge on any atom is 0.317 e. The Morgan fingerprint density at radius 1 is 1.26 bits per heavy atom. The number of fused-ring (bicyclic) bond motifs is 1. The third-order valence-corrected chi connectivity index (χ3v) is 4.56. The minimum Gasteiger partial charge on any atom is -0.494 e. The quantitative estimate of drug-likeness (QED) is 0.879. The number of hydrogen-bond acceptors (Lipinski definition) is 3. The van der Waals surface area contributed by atoms with E-state index in [1.807, 2.05) is 24.3 Å². The number of nitrogens with one attached hydrogen (secondary N) is 1. The second kappa shape index (κ2) is 8.07. The third kappa shape index (κ3) is 4.19. The van der Waals surface area contributed by atoms with Crippen molar-refractivity contribution < 1.29 is 18.7 Å². The molecule has 3 amide bonds. The molecule has 0 atom stereocenters. The Kier molecular flexibility index (Phi) is 5.59. The van der Waals surface area contributed by atoms with Crippen LogP contribution in [0.3, 0.4) is 0 Å². The smallest absolute Gasteiger partial charge is 0.317 e. The fraction of sp³-hybridized carbons (Fsp3) is 0.300. The molecule has 3 rings (SSSR count). The van der Waals surface area contributed by atoms with E-state index in [1.165, 1.54) is 24.1 Å². The van der Waals surface area contributed by atoms with Gasteiger partial charge in [-0.2, -0.15) is 0 Å². The van der Waals surface area contributed by atoms with Crippen LogP contribution in [-0.4, -0.2) is 44.1 Å². The molecule has 6 nitrogen and oxygen atoms in total. The lowest BCUT2D eigenvalue weighted by atomic mass is 10.2. The highest BCUT2D eigenvalue weighted by atomic mass is 19.1. The first-order valence-electron chi connectivity index (χ1n) is 8.69. The molecule has 7 heteroatoms. The van der Waals surface area contributed by atoms with Crippen LogP contribution in [-0.2, 0) is 17.8 Å². The molecule has 0 unspecified atom stereocenters. The molecule has 142 valence electrons. The van der Waals surface area contributed by atoms with Gasteiger partial charge in [0.15, 0.2) is 11.6 Å². The Morgan fingerprint density at radius 3 is 2.78 bits per heavy atom. The summed E-state index contributed by atoms with van der Waals surface area (Å²) in [5.41, 5.74) is 2.67. The minimum absolute atomic E-state index is 0.0888. The van der Waals surface area contributed by atoms with Gasteiger partial charge in [0.1, 0.15) is 0 Å². The Bertz CT molecular complexity index is 856. The maximum atomic E-state index is 13.8. The average molecular weight is 371 g/mol. The van der Waals surface area contributed by atoms with Gasteiger partial charge in [-0.3, -0.25) is 4.79 Å². The molecule has 27 heavy (non-hydrogen) atoms. The second-order valence-electron chi connectivity index (χ2n) is 6.41. The van der Waals surface area contributed by atoms with Gasteiger partial charge in [0, 0.05) is 25.8 Å². The van der Waals surface area contributed by atoms with Crippen molar-refractivity contribution in [2.75, 3.05) is 32.1 Å². The van der Waals surface area contributed by atoms with E-state index in [4.69, 9.17) is 4.74 Å². The summed E-state index contributed by atoms with van der Waals surface area (Å²) in [6.07, 6.45) is 0.818. The predicted molar refractivity (Wildman–Crippen MR) is 100 cm³/mol. The Morgan fingerprint density at radius 2 is 2.04 bits per heavy atom. The number of halogens is 1. The number of benzene rings is 2. The van der Waals surface area contributed by atoms with Crippen LogP contribution in [0.2, 0.25) is 0 Å². The number of rotatable bonds is 5. The van der Waals surface area contributed by atoms with E-state index in [9.17, 15) is 14.0 Å². The standard InChI is InChI=1S/C20H22FN3O3/c1-23(13-14-7-8-18(27-2)16(21)11-14)20(26)22-12-19(25)24-10-9-15-5-3-4-6-17(15)24/h3-8,11H,9-10,12-13H2,1-2H3,(H,22,26). The number of amides is 3. The van der Waals surface area contributed by atoms with E-state index in [-0.39, 0.29) is 24.7 Å². The van der Waals surface area contributed by atoms with E-state index in [0.717, 1.165) is 17.7 Å². The Labute approximate surface area is 157 Å². The van der Waals surface area contributed by atoms with Crippen LogP contribution in [0.4, 0.5) is 14.9 Å². The molecular formula is C20H22FN3O3. The van der Waals surface area contributed by atoms with Gasteiger partial charge in [-0.25, -0.2) is 9.18 Å². The van der Waals surface area contributed by atoms with Crippen LogP contribution < -0.4 is 15.0 Å². The first kappa shape index (κ1) is 18.7. The van der Waals surface area contributed by atoms with Gasteiger partial charge in [-0.1, -0.05) is 24.3 Å². The van der Waals surface area contributed by atoms with Crippen LogP contribution in [0.5, 0.6) is 5.75 Å². The molecule has 2 aromatic rings. The highest BCUT2D eigenvalue weighted by Crippen LogP contribution is 2.27. The summed E-state index contributed by atoms with van der Waals surface area (Å²) in [6.45, 7) is 0.747. The summed E-state index contributed by atoms with van der Waals surface area (Å²) in [6, 6.07) is 11.9. The Balaban J connectivity index is 1.53. The van der Waals surface area contributed by atoms with Crippen molar-refractivity contribution in [2.24, 2.45) is 0 Å². The number of anilines is 1. The lowest BCUT2D eigenvalue weighted by Crippen LogP contribution is -2.43. The molecule has 0 radical (unpaired) electrons. The fourth-order valence-electron chi connectivity index (χ4n) is 3.13. The minimum atomic E-state index is -0.480. The summed E-state index contributed by atoms with van der Waals surface area (Å²) in [5.74, 6) is -0.480. The number of hydrogen-bond donors (Lipinski definition) is 1. The van der Waals surface area contributed by atoms with E-state index in [0.29, 0.717) is 12.1 Å². The monoisotopic (exact) mass is 371 g/mol. The van der Waals surface area contributed by atoms with Gasteiger partial charge in [0.05, 0.1) is 13.7 Å². The number of para-hydroxylation sites is 1. The molecule has 1 N–H and O–H groups in total. The molecule has 2 aromatic carbocycles. The number of ether oxygens (including phenoxy) is 1. The molecule has 1 heterocycles. The van der Waals surface area contributed by atoms with Crippen molar-refractivity contribution in [3.8, 4) is 5.75 Å². The molecule has 0 aromatic heterocycles. The number of carbonyl (C=O) groups is 2. The predicted octanol–water partition coefficient (Wildman–Crippen LogP) is 2.57. The highest BCUT2D eigenvalue weighted by Gasteiger charge is 2.24. The van der Waals surface area contributed by atoms with Gasteiger partial charge >= 0.3 is 6.03 Å². The van der Waals surface area contributed by atoms with E-state index in [2.05, 4.69) is 5.32 Å². The normalized spacial score (nSPS) is 12.5. The zero-order valence-corrected chi connectivity index (χ0v) is 15.4. The number of urea groups is 1. The van der Waals surface area contributed by atoms with Crippen LogP contribution >= 0.6 is 0 Å². The first-order valence-corrected chi connectivity index (χ1v) is 8.69. The van der Waals surface area contributed by atoms with Crippen molar-refractivity contribution >= 4 is 17.6 Å². The van der Waals surface area contributed by atoms with Crippen molar-refractivity contribution in [2.45, 2.75) is 13.0 Å². The largest absolute Gasteiger partial charge is 0.494 e. The average Bonchev–Trinajstić information content (AvgIpc) is 3.10. The zero-order valence-electron chi connectivity index (χ0n) is 15.4. The molecule has 0 saturated heterocycles. The van der Waals surface area contributed by atoms with Crippen molar-refractivity contribution in [1.82, 2.24) is 10.2 Å². The second-order valence-corrected chi connectivity index (χ2v) is 6.41. The van der Waals surface area contributed by atoms with Crippen molar-refractivity contribution in [3.05, 3.63) is 59.4 Å². The number of carbonyl (C=O) groups excluding carboxylic acids is 2. The van der Waals surface area contributed by atoms with Crippen LogP contribution in [0.1, 0.15) is 11.1 Å². The van der Waals surface area contributed by atoms with Crippen LogP contribution in [0.15, 0.2) is 42.5 Å². The summed E-state index contributed by atoms with van der Waals surface area (Å²) >= 11 is 0. The van der Waals surface area contributed by atoms with Crippen LogP contribution in [0.25, 0.3) is 0 Å². The maximum absolute atomic E-state index is 13.8. The van der Waals surface area contributed by atoms with Gasteiger partial charge in [0.2, 0.25) is 5.91 Å². The fourth-order valence-corrected chi connectivity index (χ4v) is 3.13. The van der Waals surface area contributed by atoms with Gasteiger partial charge in [-0.05, 0) is 35.7 Å². The lowest BCUT2D eigenvalue weighted by molar-refractivity contribution is -0.117. The Hall–Kier alpha value is -3.09. The summed E-state index contributed by atoms with van der Waals surface area (Å²) < 4.78 is 18.6. The molecule has 1 aliphatic heterocycles. The summed E-state index contributed by atoms with van der Waals surface area (Å²) in [7, 11) is 2.99. The lowest BCUT2D eigenvalue weighted by Gasteiger charge is -2.21. The highest BCUT2D eigenvalue weighted by molar-refractivity contribution is 5.98. The molecular weight excluding hydrogens is 349 g/mol. The SMILES string of the molecule is COc1ccc(CN(C)C(=O)NCC(=O)N2CCc3ccccc32)cc1F. The molecule has 0 aliphatic carbocycles. The molecule has 0 spiro atoms. The molecule has 0 saturated carbocycles. The molecule has 0 fully saturated rings. The number of methoxy groups -OCH3 is 1. The van der Waals surface area contributed by atoms with E-state index < -0.39 is 11.8 Å². The molecule has 0 bridgehead atoms. The topological polar surface area (TPSA) is 61.9 Å². The van der Waals surface area contributed by atoms with Gasteiger partial charge in [0.25, 0.3) is 0 Å². The number of nitrogens with zero attached hydrogens (tertiary/aromatic N) is 2. The summed E-state index contributed by atoms with van der Waals surface area (Å²) in [5, 5.41) is 2.62. The van der Waals surface area contributed by atoms with E-state index >= 15 is 0 Å². The first-order chi connectivity index (χ1) is 13.0. The summed E-state index contributed by atoms with van der Waals surface area (Å²) in [4.78, 5) is 27.8. The van der Waals surface area contributed by atoms with Crippen LogP contribution in [0, 0.1) is 5.82 Å². The zero-order chi connectivity index (χ0) is 19.4.